The Labute approximate surface area is 48.3 Å². The van der Waals surface area contributed by atoms with Crippen LogP contribution in [0.3, 0.4) is 0 Å². The Balaban J connectivity index is 3.43. The van der Waals surface area contributed by atoms with E-state index >= 15 is 0 Å². The van der Waals surface area contributed by atoms with Gasteiger partial charge < -0.3 is 0 Å². The zero-order valence-corrected chi connectivity index (χ0v) is 4.79. The lowest BCUT2D eigenvalue weighted by molar-refractivity contribution is 2.22. The van der Waals surface area contributed by atoms with E-state index in [1.807, 2.05) is 0 Å². The molecule has 0 heterocycles. The zero-order chi connectivity index (χ0) is 5.70. The standard InChI is InChI=1S/C6H6S/c1-4-6(3)7-5-2/h1,5H,2-3H2. The Morgan fingerprint density at radius 2 is 2.43 bits per heavy atom. The molecule has 0 aliphatic heterocycles. The number of terminal acetylenes is 1. The smallest absolute Gasteiger partial charge is 0.0540 e. The maximum Gasteiger partial charge on any atom is 0.0540 e. The normalized spacial score (nSPS) is 6.71. The molecule has 36 valence electrons. The monoisotopic (exact) mass is 110 g/mol. The fraction of sp³-hybridized carbons (Fsp3) is 0. The van der Waals surface area contributed by atoms with Crippen molar-refractivity contribution in [2.24, 2.45) is 0 Å². The van der Waals surface area contributed by atoms with Crippen LogP contribution in [0.1, 0.15) is 0 Å². The van der Waals surface area contributed by atoms with Crippen molar-refractivity contribution in [2.75, 3.05) is 0 Å². The van der Waals surface area contributed by atoms with Crippen LogP contribution >= 0.6 is 11.8 Å². The van der Waals surface area contributed by atoms with Gasteiger partial charge in [0.15, 0.2) is 0 Å². The van der Waals surface area contributed by atoms with E-state index in [0.29, 0.717) is 4.91 Å². The highest BCUT2D eigenvalue weighted by atomic mass is 32.2. The Bertz CT molecular complexity index is 117. The van der Waals surface area contributed by atoms with Crippen molar-refractivity contribution in [2.45, 2.75) is 0 Å². The van der Waals surface area contributed by atoms with Crippen molar-refractivity contribution in [1.82, 2.24) is 0 Å². The molecule has 0 saturated carbocycles. The predicted molar refractivity (Wildman–Crippen MR) is 35.8 cm³/mol. The maximum absolute atomic E-state index is 4.94. The van der Waals surface area contributed by atoms with E-state index in [9.17, 15) is 0 Å². The Kier molecular flexibility index (Phi) is 3.26. The van der Waals surface area contributed by atoms with Gasteiger partial charge in [-0.3, -0.25) is 0 Å². The van der Waals surface area contributed by atoms with E-state index in [1.54, 1.807) is 5.41 Å². The molecular formula is C6H6S. The quantitative estimate of drug-likeness (QED) is 0.490. The minimum absolute atomic E-state index is 0.704. The third kappa shape index (κ3) is 3.21. The number of thioether (sulfide) groups is 1. The van der Waals surface area contributed by atoms with Gasteiger partial charge in [0.2, 0.25) is 0 Å². The molecule has 0 unspecified atom stereocenters. The van der Waals surface area contributed by atoms with Gasteiger partial charge in [-0.1, -0.05) is 30.8 Å². The molecule has 0 aromatic heterocycles. The summed E-state index contributed by atoms with van der Waals surface area (Å²) in [5, 5.41) is 1.65. The molecule has 7 heavy (non-hydrogen) atoms. The van der Waals surface area contributed by atoms with E-state index in [0.717, 1.165) is 0 Å². The third-order valence-corrected chi connectivity index (χ3v) is 0.956. The van der Waals surface area contributed by atoms with Gasteiger partial charge in [0.05, 0.1) is 4.91 Å². The lowest BCUT2D eigenvalue weighted by atomic mass is 10.7. The van der Waals surface area contributed by atoms with E-state index < -0.39 is 0 Å². The second-order valence-corrected chi connectivity index (χ2v) is 1.91. The molecule has 0 N–H and O–H groups in total. The van der Waals surface area contributed by atoms with Gasteiger partial charge in [-0.15, -0.1) is 6.42 Å². The van der Waals surface area contributed by atoms with Gasteiger partial charge in [0.25, 0.3) is 0 Å². The summed E-state index contributed by atoms with van der Waals surface area (Å²) in [6.07, 6.45) is 4.94. The van der Waals surface area contributed by atoms with E-state index in [-0.39, 0.29) is 0 Å². The summed E-state index contributed by atoms with van der Waals surface area (Å²) in [5.74, 6) is 2.36. The van der Waals surface area contributed by atoms with Crippen LogP contribution in [0.2, 0.25) is 0 Å². The summed E-state index contributed by atoms with van der Waals surface area (Å²) in [6.45, 7) is 6.97. The molecule has 0 bridgehead atoms. The molecular weight excluding hydrogens is 104 g/mol. The Hall–Kier alpha value is -0.610. The zero-order valence-electron chi connectivity index (χ0n) is 3.98. The molecule has 0 aromatic carbocycles. The van der Waals surface area contributed by atoms with Crippen LogP contribution in [0.5, 0.6) is 0 Å². The molecule has 0 fully saturated rings. The van der Waals surface area contributed by atoms with Crippen molar-refractivity contribution in [3.63, 3.8) is 0 Å². The molecule has 0 aliphatic carbocycles. The molecule has 0 rings (SSSR count). The molecule has 0 aromatic rings. The summed E-state index contributed by atoms with van der Waals surface area (Å²) in [5.41, 5.74) is 0. The number of hydrogen-bond donors (Lipinski definition) is 0. The highest BCUT2D eigenvalue weighted by Crippen LogP contribution is 2.10. The second-order valence-electron chi connectivity index (χ2n) is 0.852. The van der Waals surface area contributed by atoms with Gasteiger partial charge in [-0.25, -0.2) is 0 Å². The Morgan fingerprint density at radius 3 is 2.57 bits per heavy atom. The molecule has 0 spiro atoms. The van der Waals surface area contributed by atoms with Crippen LogP contribution in [0, 0.1) is 12.3 Å². The van der Waals surface area contributed by atoms with Gasteiger partial charge >= 0.3 is 0 Å². The lowest BCUT2D eigenvalue weighted by Crippen LogP contribution is -1.55. The molecule has 1 heteroatoms. The van der Waals surface area contributed by atoms with Crippen molar-refractivity contribution in [3.8, 4) is 12.3 Å². The summed E-state index contributed by atoms with van der Waals surface area (Å²) in [7, 11) is 0. The number of allylic oxidation sites excluding steroid dienone is 1. The van der Waals surface area contributed by atoms with Crippen LogP contribution in [-0.2, 0) is 0 Å². The highest BCUT2D eigenvalue weighted by molar-refractivity contribution is 8.06. The Morgan fingerprint density at radius 1 is 1.86 bits per heavy atom. The third-order valence-electron chi connectivity index (χ3n) is 0.387. The first kappa shape index (κ1) is 6.39. The molecule has 0 nitrogen and oxygen atoms in total. The first-order valence-electron chi connectivity index (χ1n) is 1.74. The van der Waals surface area contributed by atoms with Crippen molar-refractivity contribution < 1.29 is 0 Å². The van der Waals surface area contributed by atoms with Crippen LogP contribution in [-0.4, -0.2) is 0 Å². The number of rotatable bonds is 2. The molecule has 0 amide bonds. The first-order valence-corrected chi connectivity index (χ1v) is 2.62. The fourth-order valence-corrected chi connectivity index (χ4v) is 0.404. The van der Waals surface area contributed by atoms with Crippen molar-refractivity contribution >= 4 is 11.8 Å². The van der Waals surface area contributed by atoms with Crippen LogP contribution in [0.15, 0.2) is 23.5 Å². The average molecular weight is 110 g/mol. The fourth-order valence-electron chi connectivity index (χ4n) is 0.135. The summed E-state index contributed by atoms with van der Waals surface area (Å²) in [4.78, 5) is 0.704. The van der Waals surface area contributed by atoms with E-state index in [2.05, 4.69) is 19.1 Å². The predicted octanol–water partition coefficient (Wildman–Crippen LogP) is 2.01. The SMILES string of the molecule is C#CC(=C)SC=C. The number of hydrogen-bond acceptors (Lipinski definition) is 1. The summed E-state index contributed by atoms with van der Waals surface area (Å²) >= 11 is 1.36. The van der Waals surface area contributed by atoms with E-state index in [1.165, 1.54) is 11.8 Å². The van der Waals surface area contributed by atoms with Crippen molar-refractivity contribution in [3.05, 3.63) is 23.5 Å². The lowest BCUT2D eigenvalue weighted by Gasteiger charge is -1.82. The van der Waals surface area contributed by atoms with Gasteiger partial charge in [0, 0.05) is 0 Å². The molecule has 0 saturated heterocycles. The maximum atomic E-state index is 4.94. The first-order chi connectivity index (χ1) is 3.31. The minimum atomic E-state index is 0.704. The van der Waals surface area contributed by atoms with Gasteiger partial charge in [-0.05, 0) is 5.41 Å². The van der Waals surface area contributed by atoms with Gasteiger partial charge in [0.1, 0.15) is 0 Å². The molecule has 0 aliphatic rings. The van der Waals surface area contributed by atoms with Gasteiger partial charge in [-0.2, -0.15) is 0 Å². The van der Waals surface area contributed by atoms with Crippen LogP contribution < -0.4 is 0 Å². The minimum Gasteiger partial charge on any atom is -0.114 e. The molecule has 0 radical (unpaired) electrons. The van der Waals surface area contributed by atoms with E-state index in [4.69, 9.17) is 6.42 Å². The largest absolute Gasteiger partial charge is 0.114 e. The second kappa shape index (κ2) is 3.58. The summed E-state index contributed by atoms with van der Waals surface area (Å²) < 4.78 is 0. The van der Waals surface area contributed by atoms with Crippen LogP contribution in [0.25, 0.3) is 0 Å². The average Bonchev–Trinajstić information content (AvgIpc) is 1.68. The van der Waals surface area contributed by atoms with Crippen molar-refractivity contribution in [1.29, 1.82) is 0 Å². The van der Waals surface area contributed by atoms with Crippen LogP contribution in [0.4, 0.5) is 0 Å². The summed E-state index contributed by atoms with van der Waals surface area (Å²) in [6, 6.07) is 0. The molecule has 0 atom stereocenters. The highest BCUT2D eigenvalue weighted by Gasteiger charge is 1.77. The topological polar surface area (TPSA) is 0 Å².